The average molecular weight is 537 g/mol. The summed E-state index contributed by atoms with van der Waals surface area (Å²) < 4.78 is 44.9. The van der Waals surface area contributed by atoms with Gasteiger partial charge in [0, 0.05) is 10.1 Å². The molecule has 0 bridgehead atoms. The molecule has 30 heavy (non-hydrogen) atoms. The van der Waals surface area contributed by atoms with E-state index in [0.717, 1.165) is 11.6 Å². The minimum absolute atomic E-state index is 0.113. The Morgan fingerprint density at radius 1 is 1.10 bits per heavy atom. The van der Waals surface area contributed by atoms with Crippen molar-refractivity contribution in [1.29, 1.82) is 0 Å². The van der Waals surface area contributed by atoms with Crippen LogP contribution in [-0.4, -0.2) is 23.2 Å². The number of carbonyl (C=O) groups excluding carboxylic acids is 1. The predicted molar refractivity (Wildman–Crippen MR) is 114 cm³/mol. The summed E-state index contributed by atoms with van der Waals surface area (Å²) in [5.41, 5.74) is 2.10. The standard InChI is InChI=1S/C21H23F3INO4/c1-20(2,3)30-19(28)17-14(6-9-16(18(17)25)21(22,23)24)12-29-26-11-10-13-4-7-15(27)8-5-13/h4-9,26-27H,10-12H2,1-3H3. The number of alkyl halides is 3. The maximum Gasteiger partial charge on any atom is 0.417 e. The van der Waals surface area contributed by atoms with Gasteiger partial charge in [-0.15, -0.1) is 0 Å². The van der Waals surface area contributed by atoms with Gasteiger partial charge in [-0.1, -0.05) is 18.2 Å². The molecule has 9 heteroatoms. The summed E-state index contributed by atoms with van der Waals surface area (Å²) >= 11 is 1.52. The second-order valence-corrected chi connectivity index (χ2v) is 8.64. The Labute approximate surface area is 186 Å². The van der Waals surface area contributed by atoms with Crippen LogP contribution >= 0.6 is 22.6 Å². The van der Waals surface area contributed by atoms with Crippen molar-refractivity contribution in [1.82, 2.24) is 5.48 Å². The number of ether oxygens (including phenoxy) is 1. The van der Waals surface area contributed by atoms with Crippen molar-refractivity contribution in [3.05, 3.63) is 62.2 Å². The Bertz CT molecular complexity index is 878. The molecule has 2 N–H and O–H groups in total. The van der Waals surface area contributed by atoms with Crippen molar-refractivity contribution < 1.29 is 32.6 Å². The highest BCUT2D eigenvalue weighted by Gasteiger charge is 2.36. The van der Waals surface area contributed by atoms with Gasteiger partial charge in [-0.2, -0.15) is 13.2 Å². The van der Waals surface area contributed by atoms with Crippen molar-refractivity contribution in [2.45, 2.75) is 45.6 Å². The van der Waals surface area contributed by atoms with Crippen molar-refractivity contribution in [3.8, 4) is 5.75 Å². The summed E-state index contributed by atoms with van der Waals surface area (Å²) in [6.45, 7) is 5.26. The van der Waals surface area contributed by atoms with Gasteiger partial charge in [-0.3, -0.25) is 4.84 Å². The van der Waals surface area contributed by atoms with Gasteiger partial charge in [-0.25, -0.2) is 10.3 Å². The number of rotatable bonds is 7. The van der Waals surface area contributed by atoms with Gasteiger partial charge in [0.15, 0.2) is 0 Å². The number of benzene rings is 2. The first kappa shape index (κ1) is 24.4. The molecular formula is C21H23F3INO4. The van der Waals surface area contributed by atoms with E-state index in [2.05, 4.69) is 5.48 Å². The lowest BCUT2D eigenvalue weighted by atomic mass is 10.0. The van der Waals surface area contributed by atoms with E-state index in [9.17, 15) is 23.1 Å². The van der Waals surface area contributed by atoms with Crippen molar-refractivity contribution in [3.63, 3.8) is 0 Å². The third-order valence-corrected chi connectivity index (χ3v) is 5.04. The number of nitrogens with one attached hydrogen (secondary N) is 1. The lowest BCUT2D eigenvalue weighted by Crippen LogP contribution is -2.26. The van der Waals surface area contributed by atoms with Crippen molar-refractivity contribution in [2.24, 2.45) is 0 Å². The topological polar surface area (TPSA) is 67.8 Å². The molecule has 5 nitrogen and oxygen atoms in total. The van der Waals surface area contributed by atoms with Crippen molar-refractivity contribution >= 4 is 28.6 Å². The second-order valence-electron chi connectivity index (χ2n) is 7.56. The Morgan fingerprint density at radius 2 is 1.73 bits per heavy atom. The summed E-state index contributed by atoms with van der Waals surface area (Å²) in [5, 5.41) is 9.28. The molecule has 0 aliphatic carbocycles. The fourth-order valence-electron chi connectivity index (χ4n) is 2.56. The van der Waals surface area contributed by atoms with Gasteiger partial charge in [0.2, 0.25) is 0 Å². The number of hydrogen-bond donors (Lipinski definition) is 2. The summed E-state index contributed by atoms with van der Waals surface area (Å²) in [6, 6.07) is 8.86. The van der Waals surface area contributed by atoms with Gasteiger partial charge in [-0.05, 0) is 79.1 Å². The molecule has 2 rings (SSSR count). The van der Waals surface area contributed by atoms with Crippen LogP contribution < -0.4 is 5.48 Å². The molecule has 164 valence electrons. The molecule has 0 radical (unpaired) electrons. The predicted octanol–water partition coefficient (Wildman–Crippen LogP) is 5.23. The number of hydroxylamine groups is 1. The Hall–Kier alpha value is -1.85. The highest BCUT2D eigenvalue weighted by atomic mass is 127. The molecule has 0 unspecified atom stereocenters. The summed E-state index contributed by atoms with van der Waals surface area (Å²) in [5.74, 6) is -0.657. The zero-order valence-corrected chi connectivity index (χ0v) is 18.9. The van der Waals surface area contributed by atoms with E-state index in [0.29, 0.717) is 18.5 Å². The number of esters is 1. The summed E-state index contributed by atoms with van der Waals surface area (Å²) in [4.78, 5) is 18.0. The molecule has 0 atom stereocenters. The zero-order valence-electron chi connectivity index (χ0n) is 16.8. The molecule has 0 aromatic heterocycles. The molecule has 0 aliphatic heterocycles. The fraction of sp³-hybridized carbons (Fsp3) is 0.381. The average Bonchev–Trinajstić information content (AvgIpc) is 2.60. The molecule has 0 amide bonds. The van der Waals surface area contributed by atoms with Crippen molar-refractivity contribution in [2.75, 3.05) is 6.54 Å². The van der Waals surface area contributed by atoms with Crippen LogP contribution in [0.2, 0.25) is 0 Å². The van der Waals surface area contributed by atoms with Gasteiger partial charge < -0.3 is 9.84 Å². The molecule has 0 aliphatic rings. The number of hydrogen-bond acceptors (Lipinski definition) is 5. The molecule has 2 aromatic rings. The number of aromatic hydroxyl groups is 1. The number of phenolic OH excluding ortho intramolecular Hbond substituents is 1. The SMILES string of the molecule is CC(C)(C)OC(=O)c1c(CONCCc2ccc(O)cc2)ccc(C(F)(F)F)c1I. The van der Waals surface area contributed by atoms with Crippen LogP contribution in [0.15, 0.2) is 36.4 Å². The lowest BCUT2D eigenvalue weighted by Gasteiger charge is -2.22. The molecule has 2 aromatic carbocycles. The molecule has 0 spiro atoms. The van der Waals surface area contributed by atoms with Crippen LogP contribution in [-0.2, 0) is 28.8 Å². The lowest BCUT2D eigenvalue weighted by molar-refractivity contribution is -0.138. The van der Waals surface area contributed by atoms with E-state index in [4.69, 9.17) is 9.57 Å². The second kappa shape index (κ2) is 9.97. The van der Waals surface area contributed by atoms with Gasteiger partial charge in [0.25, 0.3) is 0 Å². The minimum atomic E-state index is -4.59. The van der Waals surface area contributed by atoms with Gasteiger partial charge in [0.1, 0.15) is 11.4 Å². The van der Waals surface area contributed by atoms with Crippen LogP contribution in [0.5, 0.6) is 5.75 Å². The Kier molecular flexibility index (Phi) is 8.12. The first-order chi connectivity index (χ1) is 13.9. The van der Waals surface area contributed by atoms with E-state index >= 15 is 0 Å². The van der Waals surface area contributed by atoms with E-state index in [1.807, 2.05) is 0 Å². The first-order valence-electron chi connectivity index (χ1n) is 9.13. The highest BCUT2D eigenvalue weighted by Crippen LogP contribution is 2.36. The third kappa shape index (κ3) is 7.13. The molecule has 0 saturated carbocycles. The molecule has 0 saturated heterocycles. The molecular weight excluding hydrogens is 514 g/mol. The van der Waals surface area contributed by atoms with E-state index < -0.39 is 23.3 Å². The molecule has 0 fully saturated rings. The van der Waals surface area contributed by atoms with E-state index in [1.165, 1.54) is 28.7 Å². The van der Waals surface area contributed by atoms with Crippen LogP contribution in [0, 0.1) is 3.57 Å². The maximum atomic E-state index is 13.3. The van der Waals surface area contributed by atoms with E-state index in [-0.39, 0.29) is 21.5 Å². The van der Waals surface area contributed by atoms with Crippen LogP contribution in [0.25, 0.3) is 0 Å². The van der Waals surface area contributed by atoms with E-state index in [1.54, 1.807) is 45.0 Å². The highest BCUT2D eigenvalue weighted by molar-refractivity contribution is 14.1. The monoisotopic (exact) mass is 537 g/mol. The number of carbonyl (C=O) groups is 1. The van der Waals surface area contributed by atoms with Gasteiger partial charge in [0.05, 0.1) is 17.7 Å². The Balaban J connectivity index is 2.10. The Morgan fingerprint density at radius 3 is 2.30 bits per heavy atom. The summed E-state index contributed by atoms with van der Waals surface area (Å²) in [7, 11) is 0. The van der Waals surface area contributed by atoms with Crippen LogP contribution in [0.4, 0.5) is 13.2 Å². The van der Waals surface area contributed by atoms with Crippen LogP contribution in [0.3, 0.4) is 0 Å². The minimum Gasteiger partial charge on any atom is -0.508 e. The number of phenols is 1. The normalized spacial score (nSPS) is 12.1. The van der Waals surface area contributed by atoms with Gasteiger partial charge >= 0.3 is 12.1 Å². The summed E-state index contributed by atoms with van der Waals surface area (Å²) in [6.07, 6.45) is -3.97. The van der Waals surface area contributed by atoms with Crippen LogP contribution in [0.1, 0.15) is 47.8 Å². The quantitative estimate of drug-likeness (QED) is 0.219. The molecule has 0 heterocycles. The zero-order chi connectivity index (χ0) is 22.5. The smallest absolute Gasteiger partial charge is 0.417 e. The largest absolute Gasteiger partial charge is 0.508 e. The first-order valence-corrected chi connectivity index (χ1v) is 10.2. The maximum absolute atomic E-state index is 13.3. The fourth-order valence-corrected chi connectivity index (χ4v) is 3.62. The third-order valence-electron chi connectivity index (χ3n) is 3.92. The number of halogens is 4.